The lowest BCUT2D eigenvalue weighted by Crippen LogP contribution is -2.05. The van der Waals surface area contributed by atoms with Crippen molar-refractivity contribution < 1.29 is 0 Å². The molecule has 4 aromatic rings. The Kier molecular flexibility index (Phi) is 4.26. The van der Waals surface area contributed by atoms with Crippen LogP contribution in [0.2, 0.25) is 10.0 Å². The molecule has 0 saturated heterocycles. The molecule has 0 radical (unpaired) electrons. The lowest BCUT2D eigenvalue weighted by Gasteiger charge is -2.10. The standard InChI is InChI=1S/C19H14Cl2N4O/c1-11-22-17-5-2-12(16-6-7-19(26)24-23-16)9-18(17)25(11)10-13-8-14(20)3-4-15(13)21/h2-9H,10H2,1H3,(H,24,26). The first-order valence-electron chi connectivity index (χ1n) is 7.98. The molecule has 0 aliphatic carbocycles. The molecule has 0 atom stereocenters. The summed E-state index contributed by atoms with van der Waals surface area (Å²) in [7, 11) is 0. The van der Waals surface area contributed by atoms with E-state index in [1.165, 1.54) is 6.07 Å². The Hall–Kier alpha value is -2.63. The summed E-state index contributed by atoms with van der Waals surface area (Å²) in [6.07, 6.45) is 0. The third-order valence-corrected chi connectivity index (χ3v) is 4.85. The normalized spacial score (nSPS) is 11.2. The summed E-state index contributed by atoms with van der Waals surface area (Å²) >= 11 is 12.4. The summed E-state index contributed by atoms with van der Waals surface area (Å²) in [6.45, 7) is 2.51. The maximum Gasteiger partial charge on any atom is 0.264 e. The van der Waals surface area contributed by atoms with E-state index in [2.05, 4.69) is 19.7 Å². The molecule has 0 fully saturated rings. The molecule has 0 unspecified atom stereocenters. The summed E-state index contributed by atoms with van der Waals surface area (Å²) in [5, 5.41) is 7.86. The number of aromatic amines is 1. The van der Waals surface area contributed by atoms with Gasteiger partial charge in [-0.05, 0) is 48.9 Å². The monoisotopic (exact) mass is 384 g/mol. The summed E-state index contributed by atoms with van der Waals surface area (Å²) < 4.78 is 2.09. The van der Waals surface area contributed by atoms with Crippen LogP contribution in [0, 0.1) is 6.92 Å². The number of aromatic nitrogens is 4. The fourth-order valence-corrected chi connectivity index (χ4v) is 3.31. The predicted molar refractivity (Wildman–Crippen MR) is 104 cm³/mol. The van der Waals surface area contributed by atoms with Crippen molar-refractivity contribution in [1.29, 1.82) is 0 Å². The van der Waals surface area contributed by atoms with Crippen LogP contribution in [0.15, 0.2) is 53.3 Å². The smallest absolute Gasteiger partial charge is 0.264 e. The molecule has 0 spiro atoms. The lowest BCUT2D eigenvalue weighted by molar-refractivity contribution is 0.786. The van der Waals surface area contributed by atoms with Crippen molar-refractivity contribution in [2.75, 3.05) is 0 Å². The minimum absolute atomic E-state index is 0.230. The molecule has 5 nitrogen and oxygen atoms in total. The van der Waals surface area contributed by atoms with Gasteiger partial charge in [-0.15, -0.1) is 0 Å². The van der Waals surface area contributed by atoms with Crippen LogP contribution in [0.3, 0.4) is 0 Å². The number of hydrogen-bond donors (Lipinski definition) is 1. The highest BCUT2D eigenvalue weighted by Gasteiger charge is 2.12. The Labute approximate surface area is 159 Å². The molecular weight excluding hydrogens is 371 g/mol. The van der Waals surface area contributed by atoms with Crippen LogP contribution in [0.25, 0.3) is 22.3 Å². The number of rotatable bonds is 3. The second kappa shape index (κ2) is 6.59. The van der Waals surface area contributed by atoms with E-state index >= 15 is 0 Å². The molecule has 0 amide bonds. The van der Waals surface area contributed by atoms with Gasteiger partial charge in [-0.2, -0.15) is 5.10 Å². The zero-order valence-electron chi connectivity index (χ0n) is 13.8. The van der Waals surface area contributed by atoms with Crippen molar-refractivity contribution in [2.45, 2.75) is 13.5 Å². The summed E-state index contributed by atoms with van der Waals surface area (Å²) in [5.74, 6) is 0.877. The largest absolute Gasteiger partial charge is 0.324 e. The third-order valence-electron chi connectivity index (χ3n) is 4.25. The first kappa shape index (κ1) is 16.8. The highest BCUT2D eigenvalue weighted by atomic mass is 35.5. The van der Waals surface area contributed by atoms with Gasteiger partial charge in [0, 0.05) is 21.7 Å². The van der Waals surface area contributed by atoms with Crippen molar-refractivity contribution >= 4 is 34.2 Å². The van der Waals surface area contributed by atoms with Gasteiger partial charge < -0.3 is 4.57 Å². The maximum atomic E-state index is 11.2. The maximum absolute atomic E-state index is 11.2. The van der Waals surface area contributed by atoms with E-state index in [1.54, 1.807) is 18.2 Å². The first-order valence-corrected chi connectivity index (χ1v) is 8.74. The molecule has 1 N–H and O–H groups in total. The fraction of sp³-hybridized carbons (Fsp3) is 0.105. The number of H-pyrrole nitrogens is 1. The molecule has 2 aromatic carbocycles. The minimum atomic E-state index is -0.230. The molecule has 0 aliphatic rings. The molecule has 7 heteroatoms. The van der Waals surface area contributed by atoms with Crippen molar-refractivity contribution in [3.63, 3.8) is 0 Å². The van der Waals surface area contributed by atoms with E-state index in [4.69, 9.17) is 23.2 Å². The average molecular weight is 385 g/mol. The molecule has 2 aromatic heterocycles. The van der Waals surface area contributed by atoms with E-state index in [0.29, 0.717) is 22.3 Å². The molecule has 2 heterocycles. The van der Waals surface area contributed by atoms with Crippen molar-refractivity contribution in [3.05, 3.63) is 80.3 Å². The van der Waals surface area contributed by atoms with Crippen molar-refractivity contribution in [2.24, 2.45) is 0 Å². The fourth-order valence-electron chi connectivity index (χ4n) is 2.94. The van der Waals surface area contributed by atoms with E-state index < -0.39 is 0 Å². The predicted octanol–water partition coefficient (Wildman–Crippen LogP) is 4.45. The molecule has 0 saturated carbocycles. The minimum Gasteiger partial charge on any atom is -0.324 e. The molecule has 26 heavy (non-hydrogen) atoms. The SMILES string of the molecule is Cc1nc2ccc(-c3ccc(=O)[nH]n3)cc2n1Cc1cc(Cl)ccc1Cl. The van der Waals surface area contributed by atoms with Gasteiger partial charge in [0.1, 0.15) is 5.82 Å². The Bertz CT molecular complexity index is 1160. The van der Waals surface area contributed by atoms with E-state index in [9.17, 15) is 4.79 Å². The number of nitrogens with zero attached hydrogens (tertiary/aromatic N) is 3. The van der Waals surface area contributed by atoms with Crippen LogP contribution in [0.5, 0.6) is 0 Å². The Morgan fingerprint density at radius 2 is 1.92 bits per heavy atom. The number of nitrogens with one attached hydrogen (secondary N) is 1. The van der Waals surface area contributed by atoms with E-state index in [0.717, 1.165) is 28.0 Å². The number of benzene rings is 2. The summed E-state index contributed by atoms with van der Waals surface area (Å²) in [5.41, 5.74) is 4.13. The second-order valence-electron chi connectivity index (χ2n) is 5.99. The number of fused-ring (bicyclic) bond motifs is 1. The van der Waals surface area contributed by atoms with Crippen LogP contribution < -0.4 is 5.56 Å². The third kappa shape index (κ3) is 3.11. The first-order chi connectivity index (χ1) is 12.5. The van der Waals surface area contributed by atoms with Gasteiger partial charge in [-0.3, -0.25) is 4.79 Å². The second-order valence-corrected chi connectivity index (χ2v) is 6.83. The Morgan fingerprint density at radius 1 is 1.08 bits per heavy atom. The van der Waals surface area contributed by atoms with E-state index in [1.807, 2.05) is 31.2 Å². The van der Waals surface area contributed by atoms with E-state index in [-0.39, 0.29) is 5.56 Å². The summed E-state index contributed by atoms with van der Waals surface area (Å²) in [4.78, 5) is 15.8. The van der Waals surface area contributed by atoms with Gasteiger partial charge in [-0.25, -0.2) is 10.1 Å². The Morgan fingerprint density at radius 3 is 2.69 bits per heavy atom. The zero-order valence-corrected chi connectivity index (χ0v) is 15.3. The number of hydrogen-bond acceptors (Lipinski definition) is 3. The van der Waals surface area contributed by atoms with Crippen LogP contribution >= 0.6 is 23.2 Å². The van der Waals surface area contributed by atoms with Crippen LogP contribution in [0.4, 0.5) is 0 Å². The van der Waals surface area contributed by atoms with Crippen molar-refractivity contribution in [3.8, 4) is 11.3 Å². The van der Waals surface area contributed by atoms with Gasteiger partial charge in [0.05, 0.1) is 23.3 Å². The quantitative estimate of drug-likeness (QED) is 0.567. The Balaban J connectivity index is 1.82. The van der Waals surface area contributed by atoms with Gasteiger partial charge >= 0.3 is 0 Å². The number of aryl methyl sites for hydroxylation is 1. The molecule has 130 valence electrons. The van der Waals surface area contributed by atoms with Crippen LogP contribution in [-0.4, -0.2) is 19.7 Å². The average Bonchev–Trinajstić information content (AvgIpc) is 2.94. The zero-order chi connectivity index (χ0) is 18.3. The van der Waals surface area contributed by atoms with Gasteiger partial charge in [0.2, 0.25) is 0 Å². The molecule has 4 rings (SSSR count). The number of halogens is 2. The highest BCUT2D eigenvalue weighted by molar-refractivity contribution is 6.33. The molecular formula is C19H14Cl2N4O. The topological polar surface area (TPSA) is 63.6 Å². The summed E-state index contributed by atoms with van der Waals surface area (Å²) in [6, 6.07) is 14.5. The van der Waals surface area contributed by atoms with Crippen molar-refractivity contribution in [1.82, 2.24) is 19.7 Å². The van der Waals surface area contributed by atoms with Gasteiger partial charge in [-0.1, -0.05) is 29.3 Å². The van der Waals surface area contributed by atoms with Crippen LogP contribution in [-0.2, 0) is 6.54 Å². The highest BCUT2D eigenvalue weighted by Crippen LogP contribution is 2.27. The molecule has 0 aliphatic heterocycles. The number of imidazole rings is 1. The van der Waals surface area contributed by atoms with Gasteiger partial charge in [0.25, 0.3) is 5.56 Å². The molecule has 0 bridgehead atoms. The van der Waals surface area contributed by atoms with Gasteiger partial charge in [0.15, 0.2) is 0 Å². The lowest BCUT2D eigenvalue weighted by atomic mass is 10.1. The van der Waals surface area contributed by atoms with Crippen LogP contribution in [0.1, 0.15) is 11.4 Å².